The molecule has 0 bridgehead atoms. The Morgan fingerprint density at radius 3 is 1.34 bits per heavy atom. The Morgan fingerprint density at radius 2 is 0.949 bits per heavy atom. The number of ether oxygens (including phenoxy) is 1. The van der Waals surface area contributed by atoms with Crippen LogP contribution in [0.25, 0.3) is 0 Å². The molecule has 0 aromatic heterocycles. The van der Waals surface area contributed by atoms with Crippen molar-refractivity contribution in [2.24, 2.45) is 0 Å². The topological polar surface area (TPSA) is 173 Å². The minimum atomic E-state index is -0.780. The molecule has 422 valence electrons. The van der Waals surface area contributed by atoms with Crippen LogP contribution in [0.2, 0.25) is 0 Å². The van der Waals surface area contributed by atoms with E-state index in [2.05, 4.69) is 62.8 Å². The number of amides is 6. The standard InChI is InChI=1S/C35H44N4O4S.C27H36N4O3S/c1-4-11-32(44-25-28-16-18-29(43-3)19-17-28)34(41)37-30-24-38(23-27-14-9-6-10-15-27)20-21-39(35(30)42)31(33(40)36-2)22-26-12-7-5-8-13-26;1-3-10-24(35)26(33)29-22-19-30(18-21-13-8-5-9-14-21)15-16-31(27(22)34)23(25(32)28-2)17-20-11-6-4-7-12-20/h5-10,12-19,30-32H,4,11,20-25H2,1-3H3,(H,36,40)(H,37,41);4-9,11-14,22-24,35H,3,10,15-19H2,1-2H3,(H,28,32)(H,29,33)/t30?,31-,32?;22?,23-,24?/m00/s1. The first-order valence-corrected chi connectivity index (χ1v) is 29.1. The van der Waals surface area contributed by atoms with Crippen molar-refractivity contribution in [2.45, 2.75) is 106 Å². The van der Waals surface area contributed by atoms with Gasteiger partial charge in [0.2, 0.25) is 35.4 Å². The molecule has 5 aromatic carbocycles. The zero-order valence-corrected chi connectivity index (χ0v) is 48.1. The van der Waals surface area contributed by atoms with E-state index >= 15 is 0 Å². The molecular weight excluding hydrogens is 1030 g/mol. The number of methoxy groups -OCH3 is 1. The van der Waals surface area contributed by atoms with Gasteiger partial charge in [0.05, 0.1) is 17.6 Å². The molecule has 2 heterocycles. The molecule has 0 saturated carbocycles. The molecule has 2 aliphatic rings. The summed E-state index contributed by atoms with van der Waals surface area (Å²) < 4.78 is 5.27. The van der Waals surface area contributed by atoms with Crippen molar-refractivity contribution >= 4 is 59.8 Å². The Kier molecular flexibility index (Phi) is 25.3. The highest BCUT2D eigenvalue weighted by Gasteiger charge is 2.40. The van der Waals surface area contributed by atoms with Gasteiger partial charge in [-0.05, 0) is 52.8 Å². The molecule has 2 saturated heterocycles. The maximum atomic E-state index is 14.2. The van der Waals surface area contributed by atoms with Crippen molar-refractivity contribution in [1.29, 1.82) is 0 Å². The zero-order chi connectivity index (χ0) is 56.5. The number of hydrogen-bond acceptors (Lipinski definition) is 11. The fourth-order valence-corrected chi connectivity index (χ4v) is 11.4. The highest BCUT2D eigenvalue weighted by atomic mass is 32.2. The van der Waals surface area contributed by atoms with E-state index in [1.807, 2.05) is 140 Å². The molecule has 2 fully saturated rings. The van der Waals surface area contributed by atoms with Crippen LogP contribution in [0.15, 0.2) is 146 Å². The van der Waals surface area contributed by atoms with Gasteiger partial charge in [0.25, 0.3) is 0 Å². The van der Waals surface area contributed by atoms with E-state index in [0.29, 0.717) is 83.8 Å². The fraction of sp³-hybridized carbons (Fsp3) is 0.419. The summed E-state index contributed by atoms with van der Waals surface area (Å²) in [5, 5.41) is 10.7. The van der Waals surface area contributed by atoms with Gasteiger partial charge in [-0.1, -0.05) is 160 Å². The van der Waals surface area contributed by atoms with E-state index in [0.717, 1.165) is 46.4 Å². The molecule has 4 unspecified atom stereocenters. The van der Waals surface area contributed by atoms with Crippen LogP contribution in [-0.4, -0.2) is 150 Å². The van der Waals surface area contributed by atoms with E-state index in [1.54, 1.807) is 42.8 Å². The molecule has 0 aliphatic carbocycles. The highest BCUT2D eigenvalue weighted by Crippen LogP contribution is 2.25. The van der Waals surface area contributed by atoms with Crippen LogP contribution in [0.4, 0.5) is 0 Å². The molecule has 6 amide bonds. The van der Waals surface area contributed by atoms with Gasteiger partial charge in [0.1, 0.15) is 29.9 Å². The molecule has 17 heteroatoms. The minimum Gasteiger partial charge on any atom is -0.497 e. The number of benzene rings is 5. The lowest BCUT2D eigenvalue weighted by atomic mass is 10.0. The second-order valence-electron chi connectivity index (χ2n) is 20.0. The summed E-state index contributed by atoms with van der Waals surface area (Å²) in [6.07, 6.45) is 3.77. The quantitative estimate of drug-likeness (QED) is 0.0427. The van der Waals surface area contributed by atoms with Crippen LogP contribution in [0.5, 0.6) is 5.75 Å². The van der Waals surface area contributed by atoms with Crippen molar-refractivity contribution in [3.63, 3.8) is 0 Å². The lowest BCUT2D eigenvalue weighted by Crippen LogP contribution is -2.57. The molecule has 2 aliphatic heterocycles. The first-order valence-electron chi connectivity index (χ1n) is 27.5. The average Bonchev–Trinajstić information content (AvgIpc) is 3.72. The van der Waals surface area contributed by atoms with Crippen LogP contribution in [0.3, 0.4) is 0 Å². The number of nitrogens with one attached hydrogen (secondary N) is 4. The zero-order valence-electron chi connectivity index (χ0n) is 46.4. The van der Waals surface area contributed by atoms with Gasteiger partial charge in [-0.15, -0.1) is 11.8 Å². The fourth-order valence-electron chi connectivity index (χ4n) is 9.88. The Balaban J connectivity index is 0.000000262. The van der Waals surface area contributed by atoms with Gasteiger partial charge in [-0.25, -0.2) is 0 Å². The predicted octanol–water partition coefficient (Wildman–Crippen LogP) is 6.56. The second-order valence-corrected chi connectivity index (χ2v) is 21.8. The first kappa shape index (κ1) is 61.6. The van der Waals surface area contributed by atoms with E-state index in [-0.39, 0.29) is 40.7 Å². The van der Waals surface area contributed by atoms with Crippen LogP contribution in [-0.2, 0) is 60.5 Å². The SMILES string of the molecule is CCCC(S)C(=O)NC1CN(Cc2ccccc2)CCN([C@@H](Cc2ccccc2)C(=O)NC)C1=O.CCCC(SCc1ccc(OC)cc1)C(=O)NC1CN(Cc2ccccc2)CCN([C@@H](Cc2ccccc2)C(=O)NC)C1=O. The van der Waals surface area contributed by atoms with Gasteiger partial charge >= 0.3 is 0 Å². The summed E-state index contributed by atoms with van der Waals surface area (Å²) in [5.74, 6) is 0.150. The third-order valence-electron chi connectivity index (χ3n) is 14.2. The normalized spacial score (nSPS) is 17.6. The molecule has 0 radical (unpaired) electrons. The number of rotatable bonds is 24. The summed E-state index contributed by atoms with van der Waals surface area (Å²) >= 11 is 6.01. The van der Waals surface area contributed by atoms with Crippen LogP contribution < -0.4 is 26.0 Å². The Labute approximate surface area is 477 Å². The third kappa shape index (κ3) is 19.0. The van der Waals surface area contributed by atoms with Gasteiger partial charge in [0, 0.05) is 85.0 Å². The monoisotopic (exact) mass is 1110 g/mol. The summed E-state index contributed by atoms with van der Waals surface area (Å²) in [6, 6.07) is 44.5. The second kappa shape index (κ2) is 32.4. The van der Waals surface area contributed by atoms with Crippen molar-refractivity contribution in [1.82, 2.24) is 40.9 Å². The first-order chi connectivity index (χ1) is 38.3. The molecular formula is C62H80N8O7S2. The molecule has 4 N–H and O–H groups in total. The van der Waals surface area contributed by atoms with Crippen LogP contribution in [0, 0.1) is 0 Å². The molecule has 15 nitrogen and oxygen atoms in total. The molecule has 79 heavy (non-hydrogen) atoms. The molecule has 7 rings (SSSR count). The highest BCUT2D eigenvalue weighted by molar-refractivity contribution is 7.99. The minimum absolute atomic E-state index is 0.148. The van der Waals surface area contributed by atoms with E-state index in [4.69, 9.17) is 4.74 Å². The number of thioether (sulfide) groups is 1. The summed E-state index contributed by atoms with van der Waals surface area (Å²) in [4.78, 5) is 88.5. The van der Waals surface area contributed by atoms with Crippen LogP contribution in [0.1, 0.15) is 67.3 Å². The van der Waals surface area contributed by atoms with Crippen molar-refractivity contribution < 1.29 is 33.5 Å². The third-order valence-corrected chi connectivity index (χ3v) is 16.0. The van der Waals surface area contributed by atoms with Gasteiger partial charge in [0.15, 0.2) is 0 Å². The van der Waals surface area contributed by atoms with Crippen molar-refractivity contribution in [2.75, 3.05) is 60.5 Å². The summed E-state index contributed by atoms with van der Waals surface area (Å²) in [7, 11) is 4.82. The van der Waals surface area contributed by atoms with Gasteiger partial charge < -0.3 is 35.8 Å². The van der Waals surface area contributed by atoms with E-state index in [1.165, 1.54) is 0 Å². The molecule has 0 spiro atoms. The summed E-state index contributed by atoms with van der Waals surface area (Å²) in [6.45, 7) is 8.03. The molecule has 6 atom stereocenters. The number of nitrogens with zero attached hydrogens (tertiary/aromatic N) is 4. The lowest BCUT2D eigenvalue weighted by Gasteiger charge is -2.32. The Morgan fingerprint density at radius 1 is 0.544 bits per heavy atom. The molecule has 5 aromatic rings. The lowest BCUT2D eigenvalue weighted by molar-refractivity contribution is -0.142. The maximum Gasteiger partial charge on any atom is 0.247 e. The van der Waals surface area contributed by atoms with Crippen LogP contribution >= 0.6 is 24.4 Å². The number of thiol groups is 1. The van der Waals surface area contributed by atoms with Gasteiger partial charge in [-0.3, -0.25) is 38.6 Å². The number of carbonyl (C=O) groups excluding carboxylic acids is 6. The number of likely N-dealkylation sites (N-methyl/N-ethyl adjacent to an activating group) is 2. The summed E-state index contributed by atoms with van der Waals surface area (Å²) in [5.41, 5.74) is 5.30. The smallest absolute Gasteiger partial charge is 0.247 e. The maximum absolute atomic E-state index is 14.2. The predicted molar refractivity (Wildman–Crippen MR) is 317 cm³/mol. The van der Waals surface area contributed by atoms with Gasteiger partial charge in [-0.2, -0.15) is 12.6 Å². The van der Waals surface area contributed by atoms with E-state index < -0.39 is 29.4 Å². The van der Waals surface area contributed by atoms with Crippen molar-refractivity contribution in [3.8, 4) is 5.75 Å². The Hall–Kier alpha value is -6.66. The number of carbonyl (C=O) groups is 6. The van der Waals surface area contributed by atoms with Crippen molar-refractivity contribution in [3.05, 3.63) is 173 Å². The largest absolute Gasteiger partial charge is 0.497 e. The van der Waals surface area contributed by atoms with E-state index in [9.17, 15) is 28.8 Å². The Bertz CT molecular complexity index is 2680. The number of hydrogen-bond donors (Lipinski definition) is 5. The average molecular weight is 1110 g/mol.